The fourth-order valence-electron chi connectivity index (χ4n) is 3.50. The molecule has 0 aliphatic carbocycles. The highest BCUT2D eigenvalue weighted by Gasteiger charge is 2.17. The standard InChI is InChI=1S/C26H25N3O/c1-3-22(20-8-5-4-6-9-20)25(23-10-7-11-24(27)26(23)29-28)21-16-14-19(15-17-21)13-12-18(2)30/h4-17,28,30H,2-3,27H2,1H3/b13-12+,25-22+,29-28?. The molecule has 4 N–H and O–H groups in total. The van der Waals surface area contributed by atoms with Crippen molar-refractivity contribution in [3.63, 3.8) is 0 Å². The fraction of sp³-hybridized carbons (Fsp3) is 0.0769. The molecule has 4 nitrogen and oxygen atoms in total. The molecule has 0 atom stereocenters. The number of allylic oxidation sites excluding steroid dienone is 2. The Morgan fingerprint density at radius 2 is 1.70 bits per heavy atom. The molecule has 0 heterocycles. The summed E-state index contributed by atoms with van der Waals surface area (Å²) >= 11 is 0. The van der Waals surface area contributed by atoms with Gasteiger partial charge in [-0.15, -0.1) is 0 Å². The molecule has 0 bridgehead atoms. The Hall–Kier alpha value is -3.92. The number of nitrogens with zero attached hydrogens (tertiary/aromatic N) is 1. The number of para-hydroxylation sites is 1. The summed E-state index contributed by atoms with van der Waals surface area (Å²) in [5.41, 5.74) is 20.8. The Bertz CT molecular complexity index is 1110. The first-order valence-corrected chi connectivity index (χ1v) is 9.76. The van der Waals surface area contributed by atoms with E-state index in [1.807, 2.05) is 54.6 Å². The van der Waals surface area contributed by atoms with Crippen LogP contribution in [0.5, 0.6) is 0 Å². The third kappa shape index (κ3) is 4.55. The number of aliphatic hydroxyl groups excluding tert-OH is 1. The van der Waals surface area contributed by atoms with E-state index in [1.54, 1.807) is 18.2 Å². The monoisotopic (exact) mass is 395 g/mol. The van der Waals surface area contributed by atoms with Crippen LogP contribution in [0.25, 0.3) is 17.2 Å². The number of benzene rings is 3. The number of anilines is 1. The summed E-state index contributed by atoms with van der Waals surface area (Å²) in [6, 6.07) is 23.9. The van der Waals surface area contributed by atoms with Gasteiger partial charge >= 0.3 is 0 Å². The van der Waals surface area contributed by atoms with Gasteiger partial charge in [0.2, 0.25) is 0 Å². The zero-order valence-corrected chi connectivity index (χ0v) is 17.0. The van der Waals surface area contributed by atoms with Gasteiger partial charge in [0.05, 0.1) is 5.69 Å². The molecule has 30 heavy (non-hydrogen) atoms. The zero-order valence-electron chi connectivity index (χ0n) is 17.0. The van der Waals surface area contributed by atoms with Gasteiger partial charge in [-0.2, -0.15) is 5.11 Å². The Morgan fingerprint density at radius 1 is 1.00 bits per heavy atom. The molecule has 0 aliphatic heterocycles. The number of hydrogen-bond donors (Lipinski definition) is 3. The van der Waals surface area contributed by atoms with Crippen LogP contribution in [-0.2, 0) is 0 Å². The van der Waals surface area contributed by atoms with Gasteiger partial charge in [-0.1, -0.05) is 86.3 Å². The van der Waals surface area contributed by atoms with Crippen molar-refractivity contribution in [1.82, 2.24) is 0 Å². The van der Waals surface area contributed by atoms with E-state index in [1.165, 1.54) is 0 Å². The molecule has 0 unspecified atom stereocenters. The minimum absolute atomic E-state index is 0.0125. The minimum Gasteiger partial charge on any atom is -0.509 e. The molecule has 3 aromatic carbocycles. The van der Waals surface area contributed by atoms with Crippen molar-refractivity contribution >= 4 is 28.6 Å². The number of nitrogen functional groups attached to an aromatic ring is 1. The summed E-state index contributed by atoms with van der Waals surface area (Å²) < 4.78 is 0. The Labute approximate surface area is 177 Å². The summed E-state index contributed by atoms with van der Waals surface area (Å²) in [6.07, 6.45) is 4.16. The van der Waals surface area contributed by atoms with Crippen molar-refractivity contribution in [2.24, 2.45) is 5.11 Å². The lowest BCUT2D eigenvalue weighted by molar-refractivity contribution is 0.436. The van der Waals surface area contributed by atoms with Gasteiger partial charge < -0.3 is 10.8 Å². The molecule has 0 aromatic heterocycles. The predicted octanol–water partition coefficient (Wildman–Crippen LogP) is 7.39. The van der Waals surface area contributed by atoms with Gasteiger partial charge in [0.25, 0.3) is 0 Å². The molecular formula is C26H25N3O. The minimum atomic E-state index is 0.0125. The van der Waals surface area contributed by atoms with E-state index in [2.05, 4.69) is 30.7 Å². The van der Waals surface area contributed by atoms with E-state index >= 15 is 0 Å². The van der Waals surface area contributed by atoms with E-state index < -0.39 is 0 Å². The van der Waals surface area contributed by atoms with Gasteiger partial charge in [0.1, 0.15) is 11.4 Å². The second-order valence-corrected chi connectivity index (χ2v) is 6.88. The van der Waals surface area contributed by atoms with Crippen LogP contribution in [0, 0.1) is 5.53 Å². The van der Waals surface area contributed by atoms with Crippen LogP contribution in [0.2, 0.25) is 0 Å². The van der Waals surface area contributed by atoms with Crippen LogP contribution in [0.3, 0.4) is 0 Å². The third-order valence-corrected chi connectivity index (χ3v) is 4.89. The lowest BCUT2D eigenvalue weighted by Crippen LogP contribution is -1.97. The molecule has 0 spiro atoms. The molecule has 3 aromatic rings. The first kappa shape index (κ1) is 20.8. The summed E-state index contributed by atoms with van der Waals surface area (Å²) in [4.78, 5) is 0. The van der Waals surface area contributed by atoms with E-state index in [0.29, 0.717) is 11.4 Å². The number of aliphatic hydroxyl groups is 1. The lowest BCUT2D eigenvalue weighted by Gasteiger charge is -2.18. The summed E-state index contributed by atoms with van der Waals surface area (Å²) in [5, 5.41) is 13.0. The van der Waals surface area contributed by atoms with Gasteiger partial charge in [-0.25, -0.2) is 5.53 Å². The number of rotatable bonds is 7. The Balaban J connectivity index is 2.26. The molecule has 150 valence electrons. The van der Waals surface area contributed by atoms with Crippen molar-refractivity contribution in [1.29, 1.82) is 5.53 Å². The molecule has 0 amide bonds. The quantitative estimate of drug-likeness (QED) is 0.128. The predicted molar refractivity (Wildman–Crippen MR) is 126 cm³/mol. The van der Waals surface area contributed by atoms with Crippen LogP contribution in [0.1, 0.15) is 35.6 Å². The van der Waals surface area contributed by atoms with Crippen LogP contribution < -0.4 is 5.73 Å². The Kier molecular flexibility index (Phi) is 6.60. The maximum Gasteiger partial charge on any atom is 0.116 e. The summed E-state index contributed by atoms with van der Waals surface area (Å²) in [7, 11) is 0. The largest absolute Gasteiger partial charge is 0.509 e. The first-order valence-electron chi connectivity index (χ1n) is 9.76. The highest BCUT2D eigenvalue weighted by molar-refractivity contribution is 6.02. The lowest BCUT2D eigenvalue weighted by atomic mass is 9.87. The van der Waals surface area contributed by atoms with Gasteiger partial charge in [-0.3, -0.25) is 0 Å². The third-order valence-electron chi connectivity index (χ3n) is 4.89. The van der Waals surface area contributed by atoms with Crippen LogP contribution in [0.15, 0.2) is 96.3 Å². The highest BCUT2D eigenvalue weighted by atomic mass is 16.3. The number of hydrogen-bond acceptors (Lipinski definition) is 4. The van der Waals surface area contributed by atoms with Crippen molar-refractivity contribution in [3.8, 4) is 0 Å². The molecular weight excluding hydrogens is 370 g/mol. The molecule has 0 aliphatic rings. The molecule has 0 saturated heterocycles. The number of nitrogens with two attached hydrogens (primary N) is 1. The highest BCUT2D eigenvalue weighted by Crippen LogP contribution is 2.40. The zero-order chi connectivity index (χ0) is 21.5. The first-order chi connectivity index (χ1) is 14.5. The summed E-state index contributed by atoms with van der Waals surface area (Å²) in [5.74, 6) is 0.0125. The normalized spacial score (nSPS) is 11.9. The van der Waals surface area contributed by atoms with Crippen molar-refractivity contribution < 1.29 is 5.11 Å². The molecule has 3 rings (SSSR count). The van der Waals surface area contributed by atoms with Crippen molar-refractivity contribution in [2.45, 2.75) is 13.3 Å². The smallest absolute Gasteiger partial charge is 0.116 e. The second-order valence-electron chi connectivity index (χ2n) is 6.88. The number of nitrogens with one attached hydrogen (secondary N) is 1. The average Bonchev–Trinajstić information content (AvgIpc) is 2.77. The van der Waals surface area contributed by atoms with Crippen LogP contribution in [0.4, 0.5) is 11.4 Å². The average molecular weight is 396 g/mol. The Morgan fingerprint density at radius 3 is 2.30 bits per heavy atom. The molecule has 0 saturated carbocycles. The van der Waals surface area contributed by atoms with Crippen molar-refractivity contribution in [3.05, 3.63) is 113 Å². The molecule has 0 radical (unpaired) electrons. The second kappa shape index (κ2) is 9.52. The maximum atomic E-state index is 9.29. The van der Waals surface area contributed by atoms with Gasteiger partial charge in [0.15, 0.2) is 0 Å². The van der Waals surface area contributed by atoms with E-state index in [-0.39, 0.29) is 5.76 Å². The van der Waals surface area contributed by atoms with Crippen molar-refractivity contribution in [2.75, 3.05) is 5.73 Å². The summed E-state index contributed by atoms with van der Waals surface area (Å²) in [6.45, 7) is 5.59. The van der Waals surface area contributed by atoms with E-state index in [4.69, 9.17) is 11.3 Å². The fourth-order valence-corrected chi connectivity index (χ4v) is 3.50. The van der Waals surface area contributed by atoms with Crippen LogP contribution >= 0.6 is 0 Å². The van der Waals surface area contributed by atoms with E-state index in [9.17, 15) is 5.11 Å². The van der Waals surface area contributed by atoms with Crippen LogP contribution in [-0.4, -0.2) is 5.11 Å². The maximum absolute atomic E-state index is 9.29. The SMILES string of the molecule is C=C(O)/C=C/c1ccc(/C(=C(/CC)c2ccccc2)c2cccc(N)c2N=N)cc1. The molecule has 0 fully saturated rings. The molecule has 4 heteroatoms. The van der Waals surface area contributed by atoms with Gasteiger partial charge in [-0.05, 0) is 46.4 Å². The van der Waals surface area contributed by atoms with Gasteiger partial charge in [0, 0.05) is 5.56 Å². The topological polar surface area (TPSA) is 82.5 Å². The van der Waals surface area contributed by atoms with E-state index in [0.717, 1.165) is 39.8 Å².